The first-order valence-corrected chi connectivity index (χ1v) is 10.6. The van der Waals surface area contributed by atoms with Crippen molar-refractivity contribution in [2.24, 2.45) is 0 Å². The van der Waals surface area contributed by atoms with Gasteiger partial charge < -0.3 is 20.5 Å². The second kappa shape index (κ2) is 10.0. The molecule has 9 nitrogen and oxygen atoms in total. The number of aliphatic hydroxyl groups is 1. The SMILES string of the molecule is Cc1cccc(Oc2ncncc2CNc2ncc(C#N)c(NC3CCC(O)CC3)n2)c1. The number of nitrogens with zero attached hydrogens (tertiary/aromatic N) is 5. The third-order valence-electron chi connectivity index (χ3n) is 5.33. The Morgan fingerprint density at radius 2 is 2.03 bits per heavy atom. The van der Waals surface area contributed by atoms with Crippen molar-refractivity contribution in [3.63, 3.8) is 0 Å². The highest BCUT2D eigenvalue weighted by molar-refractivity contribution is 5.54. The van der Waals surface area contributed by atoms with Gasteiger partial charge >= 0.3 is 0 Å². The van der Waals surface area contributed by atoms with Crippen LogP contribution < -0.4 is 15.4 Å². The fourth-order valence-electron chi connectivity index (χ4n) is 3.60. The summed E-state index contributed by atoms with van der Waals surface area (Å²) in [6.45, 7) is 2.35. The number of aryl methyl sites for hydroxylation is 1. The number of nitrogens with one attached hydrogen (secondary N) is 2. The molecule has 1 aromatic carbocycles. The van der Waals surface area contributed by atoms with Gasteiger partial charge in [-0.2, -0.15) is 10.2 Å². The molecule has 164 valence electrons. The van der Waals surface area contributed by atoms with Crippen molar-refractivity contribution in [1.82, 2.24) is 19.9 Å². The molecule has 2 aromatic heterocycles. The first-order chi connectivity index (χ1) is 15.6. The van der Waals surface area contributed by atoms with Gasteiger partial charge in [-0.25, -0.2) is 15.0 Å². The second-order valence-corrected chi connectivity index (χ2v) is 7.84. The van der Waals surface area contributed by atoms with Crippen LogP contribution in [-0.2, 0) is 6.54 Å². The van der Waals surface area contributed by atoms with Gasteiger partial charge in [0.2, 0.25) is 11.8 Å². The normalized spacial score (nSPS) is 17.9. The van der Waals surface area contributed by atoms with Crippen molar-refractivity contribution >= 4 is 11.8 Å². The summed E-state index contributed by atoms with van der Waals surface area (Å²) < 4.78 is 5.94. The van der Waals surface area contributed by atoms with Crippen molar-refractivity contribution < 1.29 is 9.84 Å². The molecule has 3 aromatic rings. The maximum absolute atomic E-state index is 9.71. The molecule has 4 rings (SSSR count). The van der Waals surface area contributed by atoms with E-state index in [0.29, 0.717) is 35.5 Å². The van der Waals surface area contributed by atoms with Crippen molar-refractivity contribution in [3.8, 4) is 17.7 Å². The topological polar surface area (TPSA) is 129 Å². The van der Waals surface area contributed by atoms with Gasteiger partial charge in [0.15, 0.2) is 0 Å². The molecule has 0 bridgehead atoms. The van der Waals surface area contributed by atoms with E-state index in [1.54, 1.807) is 6.20 Å². The number of nitriles is 1. The molecule has 1 fully saturated rings. The summed E-state index contributed by atoms with van der Waals surface area (Å²) in [5.41, 5.74) is 2.22. The van der Waals surface area contributed by atoms with Gasteiger partial charge in [0.25, 0.3) is 0 Å². The van der Waals surface area contributed by atoms with E-state index in [2.05, 4.69) is 36.6 Å². The van der Waals surface area contributed by atoms with Crippen LogP contribution in [0.3, 0.4) is 0 Å². The molecule has 9 heteroatoms. The summed E-state index contributed by atoms with van der Waals surface area (Å²) in [4.78, 5) is 17.1. The number of aliphatic hydroxyl groups excluding tert-OH is 1. The Hall–Kier alpha value is -3.77. The fraction of sp³-hybridized carbons (Fsp3) is 0.348. The number of hydrogen-bond donors (Lipinski definition) is 3. The number of hydrogen-bond acceptors (Lipinski definition) is 9. The first kappa shape index (κ1) is 21.5. The van der Waals surface area contributed by atoms with Crippen LogP contribution in [0.25, 0.3) is 0 Å². The Morgan fingerprint density at radius 1 is 1.19 bits per heavy atom. The van der Waals surface area contributed by atoms with Gasteiger partial charge in [0.1, 0.15) is 29.5 Å². The monoisotopic (exact) mass is 431 g/mol. The summed E-state index contributed by atoms with van der Waals surface area (Å²) in [5, 5.41) is 25.6. The highest BCUT2D eigenvalue weighted by atomic mass is 16.5. The molecule has 0 aliphatic heterocycles. The van der Waals surface area contributed by atoms with Gasteiger partial charge in [0.05, 0.1) is 17.9 Å². The summed E-state index contributed by atoms with van der Waals surface area (Å²) in [6.07, 6.45) is 7.54. The first-order valence-electron chi connectivity index (χ1n) is 10.6. The molecule has 2 heterocycles. The minimum Gasteiger partial charge on any atom is -0.439 e. The van der Waals surface area contributed by atoms with Gasteiger partial charge in [-0.3, -0.25) is 0 Å². The summed E-state index contributed by atoms with van der Waals surface area (Å²) in [5.74, 6) is 2.02. The van der Waals surface area contributed by atoms with E-state index in [-0.39, 0.29) is 12.1 Å². The molecule has 32 heavy (non-hydrogen) atoms. The van der Waals surface area contributed by atoms with Crippen LogP contribution in [0.5, 0.6) is 11.6 Å². The van der Waals surface area contributed by atoms with Crippen LogP contribution in [0.4, 0.5) is 11.8 Å². The predicted octanol–water partition coefficient (Wildman–Crippen LogP) is 3.57. The third kappa shape index (κ3) is 5.47. The second-order valence-electron chi connectivity index (χ2n) is 7.84. The summed E-state index contributed by atoms with van der Waals surface area (Å²) in [7, 11) is 0. The highest BCUT2D eigenvalue weighted by Gasteiger charge is 2.21. The van der Waals surface area contributed by atoms with E-state index in [4.69, 9.17) is 4.74 Å². The highest BCUT2D eigenvalue weighted by Crippen LogP contribution is 2.25. The maximum atomic E-state index is 9.71. The molecule has 0 amide bonds. The molecule has 3 N–H and O–H groups in total. The number of ether oxygens (including phenoxy) is 1. The van der Waals surface area contributed by atoms with Gasteiger partial charge in [0, 0.05) is 18.8 Å². The fourth-order valence-corrected chi connectivity index (χ4v) is 3.60. The maximum Gasteiger partial charge on any atom is 0.227 e. The van der Waals surface area contributed by atoms with Crippen molar-refractivity contribution in [1.29, 1.82) is 5.26 Å². The lowest BCUT2D eigenvalue weighted by atomic mass is 9.93. The van der Waals surface area contributed by atoms with Gasteiger partial charge in [-0.15, -0.1) is 0 Å². The predicted molar refractivity (Wildman–Crippen MR) is 119 cm³/mol. The van der Waals surface area contributed by atoms with Crippen LogP contribution in [0.1, 0.15) is 42.4 Å². The minimum absolute atomic E-state index is 0.171. The standard InChI is InChI=1S/C23H25N7O2/c1-15-3-2-4-20(9-15)32-22-17(11-25-14-28-22)13-27-23-26-12-16(10-24)21(30-23)29-18-5-7-19(31)8-6-18/h2-4,9,11-12,14,18-19,31H,5-8,13H2,1H3,(H2,26,27,29,30). The van der Waals surface area contributed by atoms with Crippen LogP contribution in [-0.4, -0.2) is 37.2 Å². The lowest BCUT2D eigenvalue weighted by Gasteiger charge is -2.26. The lowest BCUT2D eigenvalue weighted by molar-refractivity contribution is 0.126. The van der Waals surface area contributed by atoms with Crippen LogP contribution in [0.2, 0.25) is 0 Å². The minimum atomic E-state index is -0.240. The van der Waals surface area contributed by atoms with E-state index in [1.165, 1.54) is 12.5 Å². The molecular formula is C23H25N7O2. The molecule has 0 unspecified atom stereocenters. The Bertz CT molecular complexity index is 1110. The van der Waals surface area contributed by atoms with Crippen molar-refractivity contribution in [2.45, 2.75) is 51.3 Å². The number of rotatable bonds is 7. The average molecular weight is 432 g/mol. The summed E-state index contributed by atoms with van der Waals surface area (Å²) >= 11 is 0. The Kier molecular flexibility index (Phi) is 6.72. The molecule has 1 aliphatic carbocycles. The van der Waals surface area contributed by atoms with E-state index >= 15 is 0 Å². The smallest absolute Gasteiger partial charge is 0.227 e. The molecule has 0 radical (unpaired) electrons. The van der Waals surface area contributed by atoms with Gasteiger partial charge in [-0.1, -0.05) is 12.1 Å². The van der Waals surface area contributed by atoms with E-state index in [1.807, 2.05) is 31.2 Å². The average Bonchev–Trinajstić information content (AvgIpc) is 2.80. The van der Waals surface area contributed by atoms with Crippen molar-refractivity contribution in [3.05, 3.63) is 59.7 Å². The zero-order valence-electron chi connectivity index (χ0n) is 17.8. The lowest BCUT2D eigenvalue weighted by Crippen LogP contribution is -2.29. The quantitative estimate of drug-likeness (QED) is 0.514. The Balaban J connectivity index is 1.45. The van der Waals surface area contributed by atoms with Crippen molar-refractivity contribution in [2.75, 3.05) is 10.6 Å². The summed E-state index contributed by atoms with van der Waals surface area (Å²) in [6, 6.07) is 10.0. The number of anilines is 2. The molecular weight excluding hydrogens is 406 g/mol. The number of aromatic nitrogens is 4. The van der Waals surface area contributed by atoms with Crippen LogP contribution in [0.15, 0.2) is 43.0 Å². The number of benzene rings is 1. The van der Waals surface area contributed by atoms with E-state index in [9.17, 15) is 10.4 Å². The van der Waals surface area contributed by atoms with E-state index < -0.39 is 0 Å². The largest absolute Gasteiger partial charge is 0.439 e. The zero-order valence-corrected chi connectivity index (χ0v) is 17.8. The Morgan fingerprint density at radius 3 is 2.81 bits per heavy atom. The molecule has 0 spiro atoms. The van der Waals surface area contributed by atoms with E-state index in [0.717, 1.165) is 36.8 Å². The van der Waals surface area contributed by atoms with Crippen LogP contribution >= 0.6 is 0 Å². The molecule has 1 aliphatic rings. The van der Waals surface area contributed by atoms with Crippen LogP contribution in [0, 0.1) is 18.3 Å². The molecule has 0 atom stereocenters. The van der Waals surface area contributed by atoms with Gasteiger partial charge in [-0.05, 0) is 50.3 Å². The zero-order chi connectivity index (χ0) is 22.3. The molecule has 0 saturated heterocycles. The Labute approximate surface area is 186 Å². The third-order valence-corrected chi connectivity index (χ3v) is 5.33. The molecule has 1 saturated carbocycles.